The normalized spacial score (nSPS) is 11.1. The van der Waals surface area contributed by atoms with E-state index in [2.05, 4.69) is 21.7 Å². The molecule has 0 atom stereocenters. The van der Waals surface area contributed by atoms with E-state index in [4.69, 9.17) is 9.11 Å². The van der Waals surface area contributed by atoms with Crippen LogP contribution in [0, 0.1) is 25.2 Å². The van der Waals surface area contributed by atoms with Crippen molar-refractivity contribution < 1.29 is 25.9 Å². The molecule has 4 N–H and O–H groups in total. The third kappa shape index (κ3) is 6.30. The molecule has 0 radical (unpaired) electrons. The molecule has 0 aliphatic heterocycles. The predicted molar refractivity (Wildman–Crippen MR) is 129 cm³/mol. The van der Waals surface area contributed by atoms with Crippen molar-refractivity contribution in [2.75, 3.05) is 10.6 Å². The molecule has 0 fully saturated rings. The van der Waals surface area contributed by atoms with Crippen LogP contribution in [0.15, 0.2) is 58.3 Å². The lowest BCUT2D eigenvalue weighted by Gasteiger charge is -2.16. The second-order valence-corrected chi connectivity index (χ2v) is 9.64. The number of rotatable bonds is 6. The lowest BCUT2D eigenvalue weighted by Crippen LogP contribution is -2.06. The van der Waals surface area contributed by atoms with Crippen molar-refractivity contribution in [2.24, 2.45) is 0 Å². The molecule has 34 heavy (non-hydrogen) atoms. The number of pyridine rings is 1. The van der Waals surface area contributed by atoms with Gasteiger partial charge in [0.1, 0.15) is 11.9 Å². The summed E-state index contributed by atoms with van der Waals surface area (Å²) in [5.41, 5.74) is 2.56. The van der Waals surface area contributed by atoms with Gasteiger partial charge in [0.15, 0.2) is 5.82 Å². The van der Waals surface area contributed by atoms with E-state index in [0.29, 0.717) is 28.3 Å². The van der Waals surface area contributed by atoms with Gasteiger partial charge in [-0.25, -0.2) is 4.98 Å². The summed E-state index contributed by atoms with van der Waals surface area (Å²) >= 11 is 0. The molecule has 0 aliphatic rings. The zero-order chi connectivity index (χ0) is 25.7. The van der Waals surface area contributed by atoms with Gasteiger partial charge in [0.2, 0.25) is 0 Å². The third-order valence-corrected chi connectivity index (χ3v) is 6.43. The highest BCUT2D eigenvalue weighted by molar-refractivity contribution is 7.86. The molecule has 0 bridgehead atoms. The molecule has 1 heterocycles. The monoisotopic (exact) mass is 504 g/mol. The van der Waals surface area contributed by atoms with E-state index in [9.17, 15) is 22.1 Å². The van der Waals surface area contributed by atoms with Gasteiger partial charge in [0.25, 0.3) is 20.2 Å². The van der Waals surface area contributed by atoms with Gasteiger partial charge >= 0.3 is 0 Å². The molecule has 2 aromatic carbocycles. The van der Waals surface area contributed by atoms with Crippen molar-refractivity contribution in [3.8, 4) is 6.07 Å². The molecular formula is C22H24N4O6S2. The number of nitriles is 1. The van der Waals surface area contributed by atoms with E-state index in [1.165, 1.54) is 48.5 Å². The first-order chi connectivity index (χ1) is 15.9. The Hall–Kier alpha value is -3.50. The summed E-state index contributed by atoms with van der Waals surface area (Å²) in [6.07, 6.45) is 0. The third-order valence-electron chi connectivity index (χ3n) is 4.69. The molecular weight excluding hydrogens is 480 g/mol. The Morgan fingerprint density at radius 1 is 0.735 bits per heavy atom. The van der Waals surface area contributed by atoms with Crippen LogP contribution in [0.3, 0.4) is 0 Å². The van der Waals surface area contributed by atoms with Crippen molar-refractivity contribution in [1.29, 1.82) is 5.26 Å². The minimum absolute atomic E-state index is 0.215. The zero-order valence-electron chi connectivity index (χ0n) is 18.9. The number of benzene rings is 2. The molecule has 0 unspecified atom stereocenters. The van der Waals surface area contributed by atoms with Crippen LogP contribution in [-0.2, 0) is 20.2 Å². The number of aromatic nitrogens is 1. The van der Waals surface area contributed by atoms with Gasteiger partial charge in [0, 0.05) is 11.4 Å². The zero-order valence-corrected chi connectivity index (χ0v) is 20.5. The van der Waals surface area contributed by atoms with Gasteiger partial charge in [0.05, 0.1) is 15.4 Å². The SMILES string of the molecule is CC.Cc1c(Nc2ccc(S(=O)(=O)O)cc2)nc(Nc2ccc(S(=O)(=O)O)cc2)c(C#N)c1C. The van der Waals surface area contributed by atoms with E-state index in [-0.39, 0.29) is 21.2 Å². The van der Waals surface area contributed by atoms with Crippen LogP contribution in [0.1, 0.15) is 30.5 Å². The Morgan fingerprint density at radius 2 is 1.12 bits per heavy atom. The van der Waals surface area contributed by atoms with Gasteiger partial charge in [-0.3, -0.25) is 9.11 Å². The quantitative estimate of drug-likeness (QED) is 0.348. The summed E-state index contributed by atoms with van der Waals surface area (Å²) in [6, 6.07) is 12.7. The van der Waals surface area contributed by atoms with Gasteiger partial charge in [-0.15, -0.1) is 0 Å². The van der Waals surface area contributed by atoms with Crippen molar-refractivity contribution in [1.82, 2.24) is 4.98 Å². The van der Waals surface area contributed by atoms with Gasteiger partial charge < -0.3 is 10.6 Å². The maximum Gasteiger partial charge on any atom is 0.294 e. The lowest BCUT2D eigenvalue weighted by molar-refractivity contribution is 0.481. The van der Waals surface area contributed by atoms with Crippen LogP contribution in [0.2, 0.25) is 0 Å². The minimum atomic E-state index is -4.33. The lowest BCUT2D eigenvalue weighted by atomic mass is 10.1. The fourth-order valence-electron chi connectivity index (χ4n) is 2.84. The molecule has 0 aliphatic carbocycles. The standard InChI is InChI=1S/C20H18N4O6S2.C2H6/c1-12-13(2)19(22-14-3-7-16(8-4-14)31(25,26)27)24-20(18(12)11-21)23-15-5-9-17(10-6-15)32(28,29)30;1-2/h3-10H,1-2H3,(H2,22,23,24)(H,25,26,27)(H,28,29,30);1-2H3. The molecule has 3 rings (SSSR count). The number of hydrogen-bond acceptors (Lipinski definition) is 8. The van der Waals surface area contributed by atoms with Crippen molar-refractivity contribution >= 4 is 43.2 Å². The molecule has 3 aromatic rings. The summed E-state index contributed by atoms with van der Waals surface area (Å²) in [5, 5.41) is 15.6. The van der Waals surface area contributed by atoms with Gasteiger partial charge in [-0.05, 0) is 73.5 Å². The van der Waals surface area contributed by atoms with E-state index in [1.54, 1.807) is 13.8 Å². The fourth-order valence-corrected chi connectivity index (χ4v) is 3.80. The summed E-state index contributed by atoms with van der Waals surface area (Å²) in [4.78, 5) is 3.94. The summed E-state index contributed by atoms with van der Waals surface area (Å²) in [7, 11) is -8.64. The second-order valence-electron chi connectivity index (χ2n) is 6.79. The van der Waals surface area contributed by atoms with Crippen molar-refractivity contribution in [2.45, 2.75) is 37.5 Å². The molecule has 0 spiro atoms. The Balaban J connectivity index is 0.00000199. The molecule has 10 nitrogen and oxygen atoms in total. The highest BCUT2D eigenvalue weighted by Crippen LogP contribution is 2.30. The van der Waals surface area contributed by atoms with Crippen LogP contribution >= 0.6 is 0 Å². The van der Waals surface area contributed by atoms with Crippen LogP contribution in [0.25, 0.3) is 0 Å². The molecule has 0 amide bonds. The van der Waals surface area contributed by atoms with E-state index >= 15 is 0 Å². The average Bonchev–Trinajstić information content (AvgIpc) is 2.78. The Kier molecular flexibility index (Phi) is 8.36. The number of hydrogen-bond donors (Lipinski definition) is 4. The van der Waals surface area contributed by atoms with Crippen molar-refractivity contribution in [3.63, 3.8) is 0 Å². The maximum absolute atomic E-state index is 11.2. The number of anilines is 4. The smallest absolute Gasteiger partial charge is 0.294 e. The Bertz CT molecular complexity index is 1430. The molecule has 12 heteroatoms. The number of nitrogens with one attached hydrogen (secondary N) is 2. The van der Waals surface area contributed by atoms with Crippen molar-refractivity contribution in [3.05, 3.63) is 65.2 Å². The summed E-state index contributed by atoms with van der Waals surface area (Å²) in [5.74, 6) is 0.616. The molecule has 180 valence electrons. The summed E-state index contributed by atoms with van der Waals surface area (Å²) in [6.45, 7) is 7.51. The van der Waals surface area contributed by atoms with Crippen LogP contribution in [-0.4, -0.2) is 30.9 Å². The largest absolute Gasteiger partial charge is 0.340 e. The van der Waals surface area contributed by atoms with Crippen LogP contribution in [0.4, 0.5) is 23.0 Å². The molecule has 1 aromatic heterocycles. The second kappa shape index (κ2) is 10.6. The van der Waals surface area contributed by atoms with E-state index < -0.39 is 20.2 Å². The first kappa shape index (κ1) is 26.7. The predicted octanol–water partition coefficient (Wildman–Crippen LogP) is 4.58. The van der Waals surface area contributed by atoms with E-state index in [0.717, 1.165) is 0 Å². The average molecular weight is 505 g/mol. The van der Waals surface area contributed by atoms with Crippen LogP contribution in [0.5, 0.6) is 0 Å². The first-order valence-electron chi connectivity index (χ1n) is 10.0. The summed E-state index contributed by atoms with van der Waals surface area (Å²) < 4.78 is 63.0. The number of nitrogens with zero attached hydrogens (tertiary/aromatic N) is 2. The highest BCUT2D eigenvalue weighted by atomic mass is 32.2. The van der Waals surface area contributed by atoms with E-state index in [1.807, 2.05) is 13.8 Å². The van der Waals surface area contributed by atoms with Gasteiger partial charge in [-0.2, -0.15) is 22.1 Å². The van der Waals surface area contributed by atoms with Gasteiger partial charge in [-0.1, -0.05) is 13.8 Å². The molecule has 0 saturated carbocycles. The van der Waals surface area contributed by atoms with Crippen LogP contribution < -0.4 is 10.6 Å². The Labute approximate surface area is 198 Å². The molecule has 0 saturated heterocycles. The first-order valence-corrected chi connectivity index (χ1v) is 12.9. The topological polar surface area (TPSA) is 169 Å². The maximum atomic E-state index is 11.2. The minimum Gasteiger partial charge on any atom is -0.340 e. The Morgan fingerprint density at radius 3 is 1.47 bits per heavy atom. The highest BCUT2D eigenvalue weighted by Gasteiger charge is 2.16. The fraction of sp³-hybridized carbons (Fsp3) is 0.182.